The van der Waals surface area contributed by atoms with Crippen molar-refractivity contribution >= 4 is 0 Å². The van der Waals surface area contributed by atoms with Gasteiger partial charge in [0.2, 0.25) is 0 Å². The number of hydrogen-bond donors (Lipinski definition) is 0. The van der Waals surface area contributed by atoms with Gasteiger partial charge in [-0.3, -0.25) is 0 Å². The summed E-state index contributed by atoms with van der Waals surface area (Å²) < 4.78 is 0. The SMILES string of the molecule is C=C(/C=C/CN(C)C)CC(C)C. The molecule has 70 valence electrons. The van der Waals surface area contributed by atoms with Gasteiger partial charge >= 0.3 is 0 Å². The first kappa shape index (κ1) is 11.4. The van der Waals surface area contributed by atoms with Crippen molar-refractivity contribution in [3.05, 3.63) is 24.3 Å². The van der Waals surface area contributed by atoms with Crippen molar-refractivity contribution in [1.82, 2.24) is 4.90 Å². The largest absolute Gasteiger partial charge is 0.306 e. The highest BCUT2D eigenvalue weighted by Crippen LogP contribution is 2.09. The van der Waals surface area contributed by atoms with E-state index in [-0.39, 0.29) is 0 Å². The van der Waals surface area contributed by atoms with E-state index in [2.05, 4.69) is 51.6 Å². The molecule has 1 nitrogen and oxygen atoms in total. The Kier molecular flexibility index (Phi) is 5.73. The number of nitrogens with zero attached hydrogens (tertiary/aromatic N) is 1. The van der Waals surface area contributed by atoms with Gasteiger partial charge in [-0.25, -0.2) is 0 Å². The van der Waals surface area contributed by atoms with Crippen LogP contribution in [0.15, 0.2) is 24.3 Å². The fourth-order valence-corrected chi connectivity index (χ4v) is 1.02. The maximum atomic E-state index is 3.99. The van der Waals surface area contributed by atoms with E-state index < -0.39 is 0 Å². The summed E-state index contributed by atoms with van der Waals surface area (Å²) in [6, 6.07) is 0. The van der Waals surface area contributed by atoms with Gasteiger partial charge in [0.1, 0.15) is 0 Å². The summed E-state index contributed by atoms with van der Waals surface area (Å²) in [6.07, 6.45) is 5.38. The first-order valence-corrected chi connectivity index (χ1v) is 4.51. The molecule has 0 heterocycles. The lowest BCUT2D eigenvalue weighted by molar-refractivity contribution is 0.456. The van der Waals surface area contributed by atoms with Crippen molar-refractivity contribution in [2.75, 3.05) is 20.6 Å². The van der Waals surface area contributed by atoms with Crippen LogP contribution in [0.5, 0.6) is 0 Å². The van der Waals surface area contributed by atoms with E-state index in [1.165, 1.54) is 5.57 Å². The van der Waals surface area contributed by atoms with E-state index in [0.29, 0.717) is 5.92 Å². The third kappa shape index (κ3) is 7.55. The summed E-state index contributed by atoms with van der Waals surface area (Å²) >= 11 is 0. The van der Waals surface area contributed by atoms with Gasteiger partial charge in [0.05, 0.1) is 0 Å². The third-order valence-electron chi connectivity index (χ3n) is 1.49. The second-order valence-corrected chi connectivity index (χ2v) is 3.92. The van der Waals surface area contributed by atoms with E-state index >= 15 is 0 Å². The molecular formula is C11H21N. The smallest absolute Gasteiger partial charge is 0.0160 e. The molecule has 0 saturated carbocycles. The van der Waals surface area contributed by atoms with Crippen LogP contribution >= 0.6 is 0 Å². The molecule has 0 aliphatic heterocycles. The maximum absolute atomic E-state index is 3.99. The van der Waals surface area contributed by atoms with Gasteiger partial charge in [-0.1, -0.05) is 38.2 Å². The maximum Gasteiger partial charge on any atom is 0.0160 e. The van der Waals surface area contributed by atoms with Gasteiger partial charge in [-0.15, -0.1) is 0 Å². The van der Waals surface area contributed by atoms with Gasteiger partial charge in [0.25, 0.3) is 0 Å². The molecule has 0 amide bonds. The first-order chi connectivity index (χ1) is 5.52. The van der Waals surface area contributed by atoms with Crippen LogP contribution in [0.1, 0.15) is 20.3 Å². The highest BCUT2D eigenvalue weighted by molar-refractivity contribution is 5.14. The Morgan fingerprint density at radius 2 is 2.00 bits per heavy atom. The standard InChI is InChI=1S/C11H21N/c1-10(2)9-11(3)7-6-8-12(4)5/h6-7,10H,3,8-9H2,1-2,4-5H3/b7-6+. The normalized spacial score (nSPS) is 11.8. The molecule has 0 N–H and O–H groups in total. The lowest BCUT2D eigenvalue weighted by Crippen LogP contribution is -2.10. The number of rotatable bonds is 5. The van der Waals surface area contributed by atoms with E-state index in [4.69, 9.17) is 0 Å². The van der Waals surface area contributed by atoms with Crippen molar-refractivity contribution in [3.8, 4) is 0 Å². The molecule has 0 aromatic rings. The van der Waals surface area contributed by atoms with Crippen molar-refractivity contribution in [2.45, 2.75) is 20.3 Å². The van der Waals surface area contributed by atoms with Crippen molar-refractivity contribution in [2.24, 2.45) is 5.92 Å². The molecule has 1 heteroatoms. The second-order valence-electron chi connectivity index (χ2n) is 3.92. The van der Waals surface area contributed by atoms with Crippen LogP contribution in [-0.2, 0) is 0 Å². The quantitative estimate of drug-likeness (QED) is 0.569. The van der Waals surface area contributed by atoms with Crippen LogP contribution < -0.4 is 0 Å². The summed E-state index contributed by atoms with van der Waals surface area (Å²) in [7, 11) is 4.13. The zero-order chi connectivity index (χ0) is 9.56. The lowest BCUT2D eigenvalue weighted by atomic mass is 10.0. The average molecular weight is 167 g/mol. The minimum Gasteiger partial charge on any atom is -0.306 e. The predicted molar refractivity (Wildman–Crippen MR) is 56.3 cm³/mol. The van der Waals surface area contributed by atoms with E-state index in [9.17, 15) is 0 Å². The monoisotopic (exact) mass is 167 g/mol. The van der Waals surface area contributed by atoms with Crippen LogP contribution in [0.2, 0.25) is 0 Å². The topological polar surface area (TPSA) is 3.24 Å². The number of likely N-dealkylation sites (N-methyl/N-ethyl adjacent to an activating group) is 1. The van der Waals surface area contributed by atoms with Crippen LogP contribution in [0.25, 0.3) is 0 Å². The van der Waals surface area contributed by atoms with Gasteiger partial charge in [0, 0.05) is 6.54 Å². The second kappa shape index (κ2) is 6.01. The predicted octanol–water partition coefficient (Wildman–Crippen LogP) is 2.71. The Morgan fingerprint density at radius 3 is 2.42 bits per heavy atom. The Hall–Kier alpha value is -0.560. The molecule has 0 fully saturated rings. The summed E-state index contributed by atoms with van der Waals surface area (Å²) in [5.41, 5.74) is 1.23. The Balaban J connectivity index is 3.61. The van der Waals surface area contributed by atoms with Crippen molar-refractivity contribution in [3.63, 3.8) is 0 Å². The zero-order valence-electron chi connectivity index (χ0n) is 8.80. The van der Waals surface area contributed by atoms with Crippen LogP contribution in [0, 0.1) is 5.92 Å². The molecule has 0 radical (unpaired) electrons. The fraction of sp³-hybridized carbons (Fsp3) is 0.636. The molecule has 0 atom stereocenters. The summed E-state index contributed by atoms with van der Waals surface area (Å²) in [5.74, 6) is 0.710. The Morgan fingerprint density at radius 1 is 1.42 bits per heavy atom. The van der Waals surface area contributed by atoms with Crippen LogP contribution in [-0.4, -0.2) is 25.5 Å². The van der Waals surface area contributed by atoms with Crippen LogP contribution in [0.3, 0.4) is 0 Å². The molecule has 0 aromatic carbocycles. The molecule has 0 bridgehead atoms. The van der Waals surface area contributed by atoms with Gasteiger partial charge in [0.15, 0.2) is 0 Å². The zero-order valence-corrected chi connectivity index (χ0v) is 8.80. The number of allylic oxidation sites excluding steroid dienone is 2. The van der Waals surface area contributed by atoms with Crippen molar-refractivity contribution in [1.29, 1.82) is 0 Å². The average Bonchev–Trinajstić information content (AvgIpc) is 1.84. The lowest BCUT2D eigenvalue weighted by Gasteiger charge is -2.05. The molecule has 0 aromatic heterocycles. The van der Waals surface area contributed by atoms with E-state index in [0.717, 1.165) is 13.0 Å². The van der Waals surface area contributed by atoms with Gasteiger partial charge < -0.3 is 4.90 Å². The summed E-state index contributed by atoms with van der Waals surface area (Å²) in [6.45, 7) is 9.41. The molecule has 0 saturated heterocycles. The molecule has 12 heavy (non-hydrogen) atoms. The highest BCUT2D eigenvalue weighted by atomic mass is 15.0. The van der Waals surface area contributed by atoms with E-state index in [1.54, 1.807) is 0 Å². The Labute approximate surface area is 76.8 Å². The molecule has 0 aliphatic rings. The number of hydrogen-bond acceptors (Lipinski definition) is 1. The van der Waals surface area contributed by atoms with E-state index in [1.807, 2.05) is 0 Å². The minimum atomic E-state index is 0.710. The van der Waals surface area contributed by atoms with Gasteiger partial charge in [-0.2, -0.15) is 0 Å². The molecular weight excluding hydrogens is 146 g/mol. The Bertz CT molecular complexity index is 154. The van der Waals surface area contributed by atoms with Gasteiger partial charge in [-0.05, 0) is 26.4 Å². The van der Waals surface area contributed by atoms with Crippen LogP contribution in [0.4, 0.5) is 0 Å². The van der Waals surface area contributed by atoms with Crippen molar-refractivity contribution < 1.29 is 0 Å². The molecule has 0 rings (SSSR count). The minimum absolute atomic E-state index is 0.710. The molecule has 0 spiro atoms. The highest BCUT2D eigenvalue weighted by Gasteiger charge is 1.94. The first-order valence-electron chi connectivity index (χ1n) is 4.51. The third-order valence-corrected chi connectivity index (χ3v) is 1.49. The molecule has 0 aliphatic carbocycles. The summed E-state index contributed by atoms with van der Waals surface area (Å²) in [5, 5.41) is 0. The fourth-order valence-electron chi connectivity index (χ4n) is 1.02. The molecule has 0 unspecified atom stereocenters. The summed E-state index contributed by atoms with van der Waals surface area (Å²) in [4.78, 5) is 2.14.